The van der Waals surface area contributed by atoms with E-state index < -0.39 is 5.97 Å². The van der Waals surface area contributed by atoms with E-state index in [1.54, 1.807) is 24.3 Å². The second-order valence-corrected chi connectivity index (χ2v) is 3.44. The zero-order valence-corrected chi connectivity index (χ0v) is 9.30. The lowest BCUT2D eigenvalue weighted by Gasteiger charge is -2.14. The van der Waals surface area contributed by atoms with Gasteiger partial charge in [-0.05, 0) is 18.6 Å². The molecule has 0 spiro atoms. The minimum absolute atomic E-state index is 0.0288. The van der Waals surface area contributed by atoms with E-state index in [1.807, 2.05) is 6.07 Å². The van der Waals surface area contributed by atoms with Crippen LogP contribution in [0.15, 0.2) is 30.3 Å². The fourth-order valence-corrected chi connectivity index (χ4v) is 1.37. The van der Waals surface area contributed by atoms with Gasteiger partial charge in [0.1, 0.15) is 0 Å². The van der Waals surface area contributed by atoms with E-state index in [9.17, 15) is 9.59 Å². The summed E-state index contributed by atoms with van der Waals surface area (Å²) in [6.45, 7) is 0. The molecule has 0 saturated heterocycles. The maximum absolute atomic E-state index is 11.7. The molecule has 0 aliphatic rings. The lowest BCUT2D eigenvalue weighted by molar-refractivity contribution is -0.137. The number of rotatable bonds is 5. The van der Waals surface area contributed by atoms with Crippen molar-refractivity contribution >= 4 is 17.6 Å². The van der Waals surface area contributed by atoms with Gasteiger partial charge < -0.3 is 5.11 Å². The SMILES string of the molecule is C#CN(C(=O)CCCC(=O)O)c1ccccc1. The number of amides is 1. The Kier molecular flexibility index (Phi) is 4.77. The molecular weight excluding hydrogens is 218 g/mol. The van der Waals surface area contributed by atoms with Crippen LogP contribution in [0.3, 0.4) is 0 Å². The standard InChI is InChI=1S/C13H13NO3/c1-2-14(11-7-4-3-5-8-11)12(15)9-6-10-13(16)17/h1,3-5,7-8H,6,9-10H2,(H,16,17). The molecule has 0 aromatic heterocycles. The monoisotopic (exact) mass is 231 g/mol. The Bertz CT molecular complexity index is 434. The fraction of sp³-hybridized carbons (Fsp3) is 0.231. The number of carboxylic acid groups (broad SMARTS) is 1. The minimum atomic E-state index is -0.912. The largest absolute Gasteiger partial charge is 0.481 e. The number of benzene rings is 1. The van der Waals surface area contributed by atoms with Gasteiger partial charge in [0.2, 0.25) is 5.91 Å². The van der Waals surface area contributed by atoms with Crippen molar-refractivity contribution in [3.8, 4) is 12.5 Å². The van der Waals surface area contributed by atoms with Crippen LogP contribution in [0.1, 0.15) is 19.3 Å². The summed E-state index contributed by atoms with van der Waals surface area (Å²) in [7, 11) is 0. The van der Waals surface area contributed by atoms with Crippen molar-refractivity contribution in [2.24, 2.45) is 0 Å². The van der Waals surface area contributed by atoms with E-state index in [4.69, 9.17) is 11.5 Å². The van der Waals surface area contributed by atoms with Crippen LogP contribution < -0.4 is 4.90 Å². The number of anilines is 1. The first kappa shape index (κ1) is 12.8. The third-order valence-electron chi connectivity index (χ3n) is 2.17. The van der Waals surface area contributed by atoms with E-state index in [0.717, 1.165) is 0 Å². The Morgan fingerprint density at radius 3 is 2.41 bits per heavy atom. The number of carboxylic acids is 1. The molecule has 0 unspecified atom stereocenters. The number of para-hydroxylation sites is 1. The molecule has 88 valence electrons. The molecule has 4 heteroatoms. The first-order valence-corrected chi connectivity index (χ1v) is 5.21. The Hall–Kier alpha value is -2.28. The lowest BCUT2D eigenvalue weighted by atomic mass is 10.2. The number of nitrogens with zero attached hydrogens (tertiary/aromatic N) is 1. The van der Waals surface area contributed by atoms with E-state index in [2.05, 4.69) is 6.04 Å². The van der Waals surface area contributed by atoms with Crippen LogP contribution in [-0.2, 0) is 9.59 Å². The molecule has 0 heterocycles. The number of carbonyl (C=O) groups is 2. The van der Waals surface area contributed by atoms with Crippen molar-refractivity contribution in [3.05, 3.63) is 30.3 Å². The summed E-state index contributed by atoms with van der Waals surface area (Å²) >= 11 is 0. The Morgan fingerprint density at radius 2 is 1.88 bits per heavy atom. The van der Waals surface area contributed by atoms with E-state index in [-0.39, 0.29) is 18.7 Å². The van der Waals surface area contributed by atoms with Gasteiger partial charge >= 0.3 is 5.97 Å². The van der Waals surface area contributed by atoms with E-state index in [0.29, 0.717) is 12.1 Å². The fourth-order valence-electron chi connectivity index (χ4n) is 1.37. The summed E-state index contributed by atoms with van der Waals surface area (Å²) in [4.78, 5) is 23.3. The Balaban J connectivity index is 2.60. The zero-order chi connectivity index (χ0) is 12.7. The molecule has 0 bridgehead atoms. The first-order valence-electron chi connectivity index (χ1n) is 5.21. The second kappa shape index (κ2) is 6.33. The molecule has 1 rings (SSSR count). The predicted octanol–water partition coefficient (Wildman–Crippen LogP) is 1.87. The van der Waals surface area contributed by atoms with Crippen LogP contribution in [0.4, 0.5) is 5.69 Å². The highest BCUT2D eigenvalue weighted by molar-refractivity contribution is 5.96. The predicted molar refractivity (Wildman–Crippen MR) is 64.2 cm³/mol. The molecule has 17 heavy (non-hydrogen) atoms. The van der Waals surface area contributed by atoms with Crippen molar-refractivity contribution in [1.82, 2.24) is 0 Å². The van der Waals surface area contributed by atoms with Crippen LogP contribution in [0.5, 0.6) is 0 Å². The zero-order valence-electron chi connectivity index (χ0n) is 9.30. The van der Waals surface area contributed by atoms with Crippen molar-refractivity contribution in [3.63, 3.8) is 0 Å². The number of carbonyl (C=O) groups excluding carboxylic acids is 1. The molecule has 0 fully saturated rings. The van der Waals surface area contributed by atoms with Gasteiger partial charge in [0, 0.05) is 18.9 Å². The maximum Gasteiger partial charge on any atom is 0.303 e. The van der Waals surface area contributed by atoms with Gasteiger partial charge in [-0.2, -0.15) is 0 Å². The molecule has 4 nitrogen and oxygen atoms in total. The number of hydrogen-bond donors (Lipinski definition) is 1. The van der Waals surface area contributed by atoms with Crippen molar-refractivity contribution < 1.29 is 14.7 Å². The number of terminal acetylenes is 1. The first-order chi connectivity index (χ1) is 8.15. The van der Waals surface area contributed by atoms with Gasteiger partial charge in [-0.3, -0.25) is 9.59 Å². The average Bonchev–Trinajstić information content (AvgIpc) is 2.31. The van der Waals surface area contributed by atoms with Gasteiger partial charge in [0.05, 0.1) is 5.69 Å². The molecule has 1 aromatic rings. The van der Waals surface area contributed by atoms with Crippen LogP contribution in [0, 0.1) is 12.5 Å². The molecular formula is C13H13NO3. The maximum atomic E-state index is 11.7. The van der Waals surface area contributed by atoms with Crippen LogP contribution in [-0.4, -0.2) is 17.0 Å². The molecule has 1 aromatic carbocycles. The molecule has 0 aliphatic carbocycles. The Labute approximate surface area is 99.9 Å². The summed E-state index contributed by atoms with van der Waals surface area (Å²) in [5.74, 6) is -1.18. The molecule has 0 radical (unpaired) electrons. The third kappa shape index (κ3) is 3.99. The quantitative estimate of drug-likeness (QED) is 0.621. The second-order valence-electron chi connectivity index (χ2n) is 3.44. The van der Waals surface area contributed by atoms with Gasteiger partial charge in [0.15, 0.2) is 0 Å². The van der Waals surface area contributed by atoms with Gasteiger partial charge in [-0.15, -0.1) is 0 Å². The summed E-state index contributed by atoms with van der Waals surface area (Å²) < 4.78 is 0. The number of aliphatic carboxylic acids is 1. The molecule has 0 atom stereocenters. The summed E-state index contributed by atoms with van der Waals surface area (Å²) in [6.07, 6.45) is 5.67. The summed E-state index contributed by atoms with van der Waals surface area (Å²) in [5, 5.41) is 8.47. The van der Waals surface area contributed by atoms with E-state index >= 15 is 0 Å². The van der Waals surface area contributed by atoms with Gasteiger partial charge in [-0.25, -0.2) is 4.90 Å². The summed E-state index contributed by atoms with van der Waals surface area (Å²) in [6, 6.07) is 11.1. The highest BCUT2D eigenvalue weighted by atomic mass is 16.4. The van der Waals surface area contributed by atoms with Crippen LogP contribution in [0.25, 0.3) is 0 Å². The topological polar surface area (TPSA) is 57.6 Å². The van der Waals surface area contributed by atoms with Gasteiger partial charge in [0.25, 0.3) is 0 Å². The smallest absolute Gasteiger partial charge is 0.303 e. The van der Waals surface area contributed by atoms with Crippen molar-refractivity contribution in [2.75, 3.05) is 4.90 Å². The van der Waals surface area contributed by atoms with Crippen molar-refractivity contribution in [2.45, 2.75) is 19.3 Å². The van der Waals surface area contributed by atoms with Crippen molar-refractivity contribution in [1.29, 1.82) is 0 Å². The van der Waals surface area contributed by atoms with Crippen LogP contribution in [0.2, 0.25) is 0 Å². The molecule has 1 amide bonds. The normalized spacial score (nSPS) is 9.35. The average molecular weight is 231 g/mol. The van der Waals surface area contributed by atoms with Crippen LogP contribution >= 0.6 is 0 Å². The molecule has 1 N–H and O–H groups in total. The molecule has 0 saturated carbocycles. The highest BCUT2D eigenvalue weighted by Crippen LogP contribution is 2.14. The molecule has 0 aliphatic heterocycles. The minimum Gasteiger partial charge on any atom is -0.481 e. The van der Waals surface area contributed by atoms with E-state index in [1.165, 1.54) is 4.90 Å². The third-order valence-corrected chi connectivity index (χ3v) is 2.17. The highest BCUT2D eigenvalue weighted by Gasteiger charge is 2.13. The Morgan fingerprint density at radius 1 is 1.24 bits per heavy atom. The summed E-state index contributed by atoms with van der Waals surface area (Å²) in [5.41, 5.74) is 0.621. The van der Waals surface area contributed by atoms with Gasteiger partial charge in [-0.1, -0.05) is 24.6 Å². The number of hydrogen-bond acceptors (Lipinski definition) is 2. The lowest BCUT2D eigenvalue weighted by Crippen LogP contribution is -2.25.